The maximum Gasteiger partial charge on any atom is 0.250 e. The Labute approximate surface area is 106 Å². The number of amides is 2. The number of benzene rings is 1. The lowest BCUT2D eigenvalue weighted by atomic mass is 10.0. The van der Waals surface area contributed by atoms with Crippen molar-refractivity contribution in [3.63, 3.8) is 0 Å². The van der Waals surface area contributed by atoms with Gasteiger partial charge in [0.2, 0.25) is 0 Å². The number of rotatable bonds is 3. The predicted octanol–water partition coefficient (Wildman–Crippen LogP) is 0.875. The SMILES string of the molecule is NC(=O)c1cccc(C(N)=O)c1N1CCCCC1. The molecule has 0 bridgehead atoms. The second-order valence-corrected chi connectivity index (χ2v) is 4.48. The highest BCUT2D eigenvalue weighted by Gasteiger charge is 2.22. The molecule has 5 heteroatoms. The molecule has 1 aromatic carbocycles. The van der Waals surface area contributed by atoms with Gasteiger partial charge in [0, 0.05) is 13.1 Å². The summed E-state index contributed by atoms with van der Waals surface area (Å²) in [4.78, 5) is 25.0. The Hall–Kier alpha value is -2.04. The van der Waals surface area contributed by atoms with Crippen LogP contribution < -0.4 is 16.4 Å². The zero-order chi connectivity index (χ0) is 13.1. The van der Waals surface area contributed by atoms with Gasteiger partial charge in [-0.15, -0.1) is 0 Å². The van der Waals surface area contributed by atoms with Crippen LogP contribution in [0.15, 0.2) is 18.2 Å². The number of para-hydroxylation sites is 1. The minimum absolute atomic E-state index is 0.369. The Morgan fingerprint density at radius 3 is 1.89 bits per heavy atom. The molecule has 0 atom stereocenters. The van der Waals surface area contributed by atoms with Gasteiger partial charge in [-0.3, -0.25) is 9.59 Å². The normalized spacial score (nSPS) is 15.4. The number of piperidine rings is 1. The molecule has 1 aromatic rings. The monoisotopic (exact) mass is 247 g/mol. The summed E-state index contributed by atoms with van der Waals surface area (Å²) in [6, 6.07) is 4.91. The largest absolute Gasteiger partial charge is 0.370 e. The lowest BCUT2D eigenvalue weighted by Gasteiger charge is -2.31. The molecule has 0 aromatic heterocycles. The number of nitrogens with zero attached hydrogens (tertiary/aromatic N) is 1. The summed E-state index contributed by atoms with van der Waals surface area (Å²) in [6.45, 7) is 1.65. The van der Waals surface area contributed by atoms with E-state index in [9.17, 15) is 9.59 Å². The van der Waals surface area contributed by atoms with E-state index >= 15 is 0 Å². The highest BCUT2D eigenvalue weighted by atomic mass is 16.1. The van der Waals surface area contributed by atoms with Crippen LogP contribution in [0.5, 0.6) is 0 Å². The van der Waals surface area contributed by atoms with Crippen LogP contribution in [-0.4, -0.2) is 24.9 Å². The molecule has 0 aliphatic carbocycles. The van der Waals surface area contributed by atoms with Crippen molar-refractivity contribution in [2.75, 3.05) is 18.0 Å². The van der Waals surface area contributed by atoms with Crippen molar-refractivity contribution in [3.8, 4) is 0 Å². The fraction of sp³-hybridized carbons (Fsp3) is 0.385. The van der Waals surface area contributed by atoms with Crippen molar-refractivity contribution in [2.45, 2.75) is 19.3 Å². The maximum atomic E-state index is 11.5. The highest BCUT2D eigenvalue weighted by Crippen LogP contribution is 2.28. The molecular formula is C13H17N3O2. The van der Waals surface area contributed by atoms with Crippen LogP contribution in [0.3, 0.4) is 0 Å². The Bertz CT molecular complexity index is 447. The summed E-state index contributed by atoms with van der Waals surface area (Å²) in [5.74, 6) is -1.06. The lowest BCUT2D eigenvalue weighted by Crippen LogP contribution is -2.33. The highest BCUT2D eigenvalue weighted by molar-refractivity contribution is 6.07. The molecule has 18 heavy (non-hydrogen) atoms. The molecule has 0 radical (unpaired) electrons. The summed E-state index contributed by atoms with van der Waals surface area (Å²) in [5.41, 5.74) is 12.1. The third-order valence-electron chi connectivity index (χ3n) is 3.24. The van der Waals surface area contributed by atoms with Crippen molar-refractivity contribution in [1.82, 2.24) is 0 Å². The van der Waals surface area contributed by atoms with E-state index in [1.165, 1.54) is 6.42 Å². The van der Waals surface area contributed by atoms with Crippen LogP contribution in [0, 0.1) is 0 Å². The number of carbonyl (C=O) groups is 2. The van der Waals surface area contributed by atoms with Crippen LogP contribution >= 0.6 is 0 Å². The van der Waals surface area contributed by atoms with Gasteiger partial charge in [0.1, 0.15) is 0 Å². The lowest BCUT2D eigenvalue weighted by molar-refractivity contribution is 0.0999. The molecule has 0 unspecified atom stereocenters. The summed E-state index contributed by atoms with van der Waals surface area (Å²) >= 11 is 0. The average Bonchev–Trinajstić information content (AvgIpc) is 2.38. The van der Waals surface area contributed by atoms with Gasteiger partial charge in [-0.05, 0) is 31.4 Å². The molecule has 96 valence electrons. The molecule has 5 nitrogen and oxygen atoms in total. The van der Waals surface area contributed by atoms with Gasteiger partial charge in [0.05, 0.1) is 16.8 Å². The average molecular weight is 247 g/mol. The second kappa shape index (κ2) is 5.08. The number of nitrogens with two attached hydrogens (primary N) is 2. The van der Waals surface area contributed by atoms with Crippen molar-refractivity contribution in [3.05, 3.63) is 29.3 Å². The summed E-state index contributed by atoms with van der Waals surface area (Å²) in [6.07, 6.45) is 3.26. The number of hydrogen-bond donors (Lipinski definition) is 2. The Morgan fingerprint density at radius 2 is 1.44 bits per heavy atom. The molecule has 1 fully saturated rings. The van der Waals surface area contributed by atoms with E-state index in [-0.39, 0.29) is 0 Å². The number of anilines is 1. The van der Waals surface area contributed by atoms with Crippen molar-refractivity contribution in [2.24, 2.45) is 11.5 Å². The van der Waals surface area contributed by atoms with Crippen molar-refractivity contribution < 1.29 is 9.59 Å². The minimum Gasteiger partial charge on any atom is -0.370 e. The fourth-order valence-electron chi connectivity index (χ4n) is 2.40. The maximum absolute atomic E-state index is 11.5. The van der Waals surface area contributed by atoms with Crippen molar-refractivity contribution >= 4 is 17.5 Å². The molecule has 1 saturated heterocycles. The van der Waals surface area contributed by atoms with Gasteiger partial charge >= 0.3 is 0 Å². The molecule has 0 spiro atoms. The molecule has 4 N–H and O–H groups in total. The molecule has 2 rings (SSSR count). The molecular weight excluding hydrogens is 230 g/mol. The topological polar surface area (TPSA) is 89.4 Å². The quantitative estimate of drug-likeness (QED) is 0.830. The van der Waals surface area contributed by atoms with E-state index in [2.05, 4.69) is 0 Å². The second-order valence-electron chi connectivity index (χ2n) is 4.48. The van der Waals surface area contributed by atoms with E-state index < -0.39 is 11.8 Å². The first-order valence-corrected chi connectivity index (χ1v) is 6.09. The molecule has 1 heterocycles. The van der Waals surface area contributed by atoms with E-state index in [1.54, 1.807) is 18.2 Å². The van der Waals surface area contributed by atoms with Gasteiger partial charge in [-0.25, -0.2) is 0 Å². The predicted molar refractivity (Wildman–Crippen MR) is 69.5 cm³/mol. The summed E-state index contributed by atoms with van der Waals surface area (Å²) < 4.78 is 0. The summed E-state index contributed by atoms with van der Waals surface area (Å²) in [5, 5.41) is 0. The van der Waals surface area contributed by atoms with E-state index in [1.807, 2.05) is 4.90 Å². The van der Waals surface area contributed by atoms with Crippen LogP contribution in [0.2, 0.25) is 0 Å². The van der Waals surface area contributed by atoms with Gasteiger partial charge in [0.15, 0.2) is 0 Å². The van der Waals surface area contributed by atoms with E-state index in [0.29, 0.717) is 16.8 Å². The third-order valence-corrected chi connectivity index (χ3v) is 3.24. The first-order chi connectivity index (χ1) is 8.61. The molecule has 0 saturated carbocycles. The zero-order valence-corrected chi connectivity index (χ0v) is 10.2. The van der Waals surface area contributed by atoms with Gasteiger partial charge in [0.25, 0.3) is 11.8 Å². The molecule has 2 amide bonds. The van der Waals surface area contributed by atoms with E-state index in [0.717, 1.165) is 25.9 Å². The van der Waals surface area contributed by atoms with Crippen LogP contribution in [0.4, 0.5) is 5.69 Å². The third kappa shape index (κ3) is 2.30. The first-order valence-electron chi connectivity index (χ1n) is 6.09. The number of primary amides is 2. The van der Waals surface area contributed by atoms with Crippen LogP contribution in [0.25, 0.3) is 0 Å². The molecule has 1 aliphatic rings. The Balaban J connectivity index is 2.52. The van der Waals surface area contributed by atoms with Gasteiger partial charge in [-0.1, -0.05) is 6.07 Å². The van der Waals surface area contributed by atoms with Crippen molar-refractivity contribution in [1.29, 1.82) is 0 Å². The number of hydrogen-bond acceptors (Lipinski definition) is 3. The Kier molecular flexibility index (Phi) is 3.50. The zero-order valence-electron chi connectivity index (χ0n) is 10.2. The molecule has 1 aliphatic heterocycles. The van der Waals surface area contributed by atoms with E-state index in [4.69, 9.17) is 11.5 Å². The number of carbonyl (C=O) groups excluding carboxylic acids is 2. The minimum atomic E-state index is -0.529. The fourth-order valence-corrected chi connectivity index (χ4v) is 2.40. The van der Waals surface area contributed by atoms with Gasteiger partial charge < -0.3 is 16.4 Å². The first kappa shape index (κ1) is 12.4. The smallest absolute Gasteiger partial charge is 0.250 e. The van der Waals surface area contributed by atoms with Gasteiger partial charge in [-0.2, -0.15) is 0 Å². The Morgan fingerprint density at radius 1 is 0.944 bits per heavy atom. The summed E-state index contributed by atoms with van der Waals surface area (Å²) in [7, 11) is 0. The standard InChI is InChI=1S/C13H17N3O2/c14-12(17)9-5-4-6-10(13(15)18)11(9)16-7-2-1-3-8-16/h4-6H,1-3,7-8H2,(H2,14,17)(H2,15,18). The van der Waals surface area contributed by atoms with Crippen LogP contribution in [0.1, 0.15) is 40.0 Å². The van der Waals surface area contributed by atoms with Crippen LogP contribution in [-0.2, 0) is 0 Å².